The first-order valence-corrected chi connectivity index (χ1v) is 15.4. The number of piperazine rings is 1. The highest BCUT2D eigenvalue weighted by Crippen LogP contribution is 2.39. The molecule has 1 aliphatic carbocycles. The molecule has 0 spiro atoms. The van der Waals surface area contributed by atoms with E-state index in [0.717, 1.165) is 30.0 Å². The summed E-state index contributed by atoms with van der Waals surface area (Å²) in [6, 6.07) is 0. The highest BCUT2D eigenvalue weighted by atomic mass is 32.2. The first-order chi connectivity index (χ1) is 19.0. The Morgan fingerprint density at radius 2 is 1.77 bits per heavy atom. The monoisotopic (exact) mass is 582 g/mol. The van der Waals surface area contributed by atoms with E-state index in [1.165, 1.54) is 17.3 Å². The van der Waals surface area contributed by atoms with Crippen LogP contribution in [0.2, 0.25) is 0 Å². The van der Waals surface area contributed by atoms with E-state index in [9.17, 15) is 28.2 Å². The van der Waals surface area contributed by atoms with Crippen LogP contribution in [-0.4, -0.2) is 137 Å². The van der Waals surface area contributed by atoms with Crippen LogP contribution < -0.4 is 9.64 Å². The fourth-order valence-corrected chi connectivity index (χ4v) is 6.51. The van der Waals surface area contributed by atoms with E-state index in [2.05, 4.69) is 9.97 Å². The lowest BCUT2D eigenvalue weighted by molar-refractivity contribution is -0.120. The molecule has 222 valence electrons. The fourth-order valence-electron chi connectivity index (χ4n) is 5.10. The van der Waals surface area contributed by atoms with Gasteiger partial charge in [0, 0.05) is 45.8 Å². The summed E-state index contributed by atoms with van der Waals surface area (Å²) in [4.78, 5) is 38.5. The van der Waals surface area contributed by atoms with Crippen LogP contribution in [0.1, 0.15) is 32.6 Å². The lowest BCUT2D eigenvalue weighted by atomic mass is 9.98. The van der Waals surface area contributed by atoms with Gasteiger partial charge in [0.25, 0.3) is 0 Å². The van der Waals surface area contributed by atoms with Crippen LogP contribution in [0.3, 0.4) is 0 Å². The standard InChI is InChI=1S/C25H38N6O8S/c1-25(4-5-25)39-24(35)29-6-2-18(3-7-29)17-38-22-13-26-21(12-27-22)31-9-8-30(16-23(31)34)40(36,37)11-10-28-14-19(32)20(33)15-28/h12-13,18-20,32-33H,2-11,14-17H2,1H3/t19-,20-/m0/s1. The van der Waals surface area contributed by atoms with Gasteiger partial charge in [-0.3, -0.25) is 14.6 Å². The Bertz CT molecular complexity index is 1160. The zero-order valence-electron chi connectivity index (χ0n) is 22.7. The lowest BCUT2D eigenvalue weighted by Crippen LogP contribution is -2.53. The van der Waals surface area contributed by atoms with E-state index in [0.29, 0.717) is 31.4 Å². The number of aromatic nitrogens is 2. The van der Waals surface area contributed by atoms with Gasteiger partial charge in [-0.1, -0.05) is 0 Å². The summed E-state index contributed by atoms with van der Waals surface area (Å²) in [7, 11) is -3.69. The van der Waals surface area contributed by atoms with E-state index in [4.69, 9.17) is 9.47 Å². The van der Waals surface area contributed by atoms with Gasteiger partial charge < -0.3 is 24.6 Å². The van der Waals surface area contributed by atoms with Crippen LogP contribution in [0.15, 0.2) is 12.4 Å². The van der Waals surface area contributed by atoms with Gasteiger partial charge >= 0.3 is 6.09 Å². The van der Waals surface area contributed by atoms with Crippen LogP contribution in [0.25, 0.3) is 0 Å². The molecule has 4 aliphatic rings. The van der Waals surface area contributed by atoms with Crippen LogP contribution in [0.4, 0.5) is 10.6 Å². The molecule has 5 rings (SSSR count). The van der Waals surface area contributed by atoms with Crippen molar-refractivity contribution >= 4 is 27.8 Å². The van der Waals surface area contributed by atoms with Crippen molar-refractivity contribution in [1.29, 1.82) is 0 Å². The number of carbonyl (C=O) groups excluding carboxylic acids is 2. The second-order valence-electron chi connectivity index (χ2n) is 11.4. The Morgan fingerprint density at radius 3 is 2.38 bits per heavy atom. The SMILES string of the molecule is CC1(OC(=O)N2CCC(COc3cnc(N4CCN(S(=O)(=O)CCN5C[C@H](O)[C@@H](O)C5)CC4=O)cn3)CC2)CC1. The zero-order valence-corrected chi connectivity index (χ0v) is 23.5. The van der Waals surface area contributed by atoms with Gasteiger partial charge in [-0.15, -0.1) is 0 Å². The van der Waals surface area contributed by atoms with Gasteiger partial charge in [0.05, 0.1) is 43.5 Å². The minimum atomic E-state index is -3.69. The molecule has 3 saturated heterocycles. The molecule has 4 fully saturated rings. The first kappa shape index (κ1) is 28.9. The van der Waals surface area contributed by atoms with E-state index in [1.807, 2.05) is 6.92 Å². The largest absolute Gasteiger partial charge is 0.476 e. The van der Waals surface area contributed by atoms with E-state index >= 15 is 0 Å². The van der Waals surface area contributed by atoms with Gasteiger partial charge in [0.2, 0.25) is 21.8 Å². The number of amides is 2. The smallest absolute Gasteiger partial charge is 0.410 e. The Labute approximate surface area is 233 Å². The molecule has 2 atom stereocenters. The number of piperidine rings is 1. The molecule has 2 N–H and O–H groups in total. The van der Waals surface area contributed by atoms with E-state index in [-0.39, 0.29) is 62.6 Å². The minimum absolute atomic E-state index is 0.130. The maximum atomic E-state index is 12.8. The number of aliphatic hydroxyl groups is 2. The Kier molecular flexibility index (Phi) is 8.47. The van der Waals surface area contributed by atoms with Crippen LogP contribution in [-0.2, 0) is 19.6 Å². The maximum absolute atomic E-state index is 12.8. The van der Waals surface area contributed by atoms with Gasteiger partial charge in [-0.2, -0.15) is 4.31 Å². The van der Waals surface area contributed by atoms with Crippen molar-refractivity contribution in [3.05, 3.63) is 12.4 Å². The molecule has 1 aromatic rings. The number of aliphatic hydroxyl groups excluding tert-OH is 2. The predicted octanol–water partition coefficient (Wildman–Crippen LogP) is -0.728. The number of ether oxygens (including phenoxy) is 2. The topological polar surface area (TPSA) is 166 Å². The molecule has 0 radical (unpaired) electrons. The number of hydrogen-bond donors (Lipinski definition) is 2. The van der Waals surface area contributed by atoms with Gasteiger partial charge in [0.1, 0.15) is 5.60 Å². The summed E-state index contributed by atoms with van der Waals surface area (Å²) in [5, 5.41) is 19.3. The number of nitrogens with zero attached hydrogens (tertiary/aromatic N) is 6. The lowest BCUT2D eigenvalue weighted by Gasteiger charge is -2.33. The average molecular weight is 583 g/mol. The first-order valence-electron chi connectivity index (χ1n) is 13.8. The Balaban J connectivity index is 1.04. The fraction of sp³-hybridized carbons (Fsp3) is 0.760. The summed E-state index contributed by atoms with van der Waals surface area (Å²) < 4.78 is 38.1. The maximum Gasteiger partial charge on any atom is 0.410 e. The minimum Gasteiger partial charge on any atom is -0.476 e. The molecule has 0 unspecified atom stereocenters. The van der Waals surface area contributed by atoms with Crippen molar-refractivity contribution in [1.82, 2.24) is 24.1 Å². The molecular weight excluding hydrogens is 544 g/mol. The molecule has 4 heterocycles. The Hall–Kier alpha value is -2.59. The highest BCUT2D eigenvalue weighted by Gasteiger charge is 2.43. The zero-order chi connectivity index (χ0) is 28.5. The van der Waals surface area contributed by atoms with Gasteiger partial charge in [-0.05, 0) is 38.5 Å². The summed E-state index contributed by atoms with van der Waals surface area (Å²) in [6.07, 6.45) is 4.36. The number of likely N-dealkylation sites (tertiary alicyclic amines) is 2. The summed E-state index contributed by atoms with van der Waals surface area (Å²) in [5.74, 6) is 0.336. The molecule has 3 aliphatic heterocycles. The second kappa shape index (κ2) is 11.7. The van der Waals surface area contributed by atoms with E-state index < -0.39 is 28.1 Å². The molecule has 15 heteroatoms. The number of rotatable bonds is 9. The van der Waals surface area contributed by atoms with Crippen LogP contribution in [0.5, 0.6) is 5.88 Å². The van der Waals surface area contributed by atoms with Gasteiger partial charge in [-0.25, -0.2) is 23.2 Å². The molecule has 1 aromatic heterocycles. The van der Waals surface area contributed by atoms with Crippen molar-refractivity contribution in [2.75, 3.05) is 69.6 Å². The quantitative estimate of drug-likeness (QED) is 0.377. The molecule has 0 aromatic carbocycles. The third-order valence-corrected chi connectivity index (χ3v) is 9.89. The number of anilines is 1. The van der Waals surface area contributed by atoms with Crippen LogP contribution in [0, 0.1) is 5.92 Å². The van der Waals surface area contributed by atoms with Gasteiger partial charge in [0.15, 0.2) is 5.82 Å². The molecular formula is C25H38N6O8S. The number of β-amino-alcohol motifs (C(OH)–C–C–N with tert-alkyl or cyclic N) is 2. The van der Waals surface area contributed by atoms with Crippen molar-refractivity contribution in [2.24, 2.45) is 5.92 Å². The van der Waals surface area contributed by atoms with Crippen molar-refractivity contribution in [3.63, 3.8) is 0 Å². The highest BCUT2D eigenvalue weighted by molar-refractivity contribution is 7.89. The van der Waals surface area contributed by atoms with E-state index in [1.54, 1.807) is 9.80 Å². The predicted molar refractivity (Wildman–Crippen MR) is 142 cm³/mol. The summed E-state index contributed by atoms with van der Waals surface area (Å²) in [6.45, 7) is 4.25. The third-order valence-electron chi connectivity index (χ3n) is 8.10. The normalized spacial score (nSPS) is 26.2. The molecule has 2 amide bonds. The van der Waals surface area contributed by atoms with Crippen molar-refractivity contribution < 1.29 is 37.7 Å². The molecule has 14 nitrogen and oxygen atoms in total. The number of carbonyl (C=O) groups is 2. The second-order valence-corrected chi connectivity index (χ2v) is 13.4. The Morgan fingerprint density at radius 1 is 1.07 bits per heavy atom. The molecule has 0 bridgehead atoms. The average Bonchev–Trinajstić information content (AvgIpc) is 3.57. The summed E-state index contributed by atoms with van der Waals surface area (Å²) in [5.41, 5.74) is -0.275. The third kappa shape index (κ3) is 7.00. The summed E-state index contributed by atoms with van der Waals surface area (Å²) >= 11 is 0. The van der Waals surface area contributed by atoms with Crippen molar-refractivity contribution in [2.45, 2.75) is 50.4 Å². The molecule has 40 heavy (non-hydrogen) atoms. The number of sulfonamides is 1. The van der Waals surface area contributed by atoms with Crippen molar-refractivity contribution in [3.8, 4) is 5.88 Å². The van der Waals surface area contributed by atoms with Crippen LogP contribution >= 0.6 is 0 Å². The number of hydrogen-bond acceptors (Lipinski definition) is 11. The molecule has 1 saturated carbocycles.